The Morgan fingerprint density at radius 3 is 2.88 bits per heavy atom. The van der Waals surface area contributed by atoms with Crippen LogP contribution in [0.2, 0.25) is 0 Å². The van der Waals surface area contributed by atoms with Crippen LogP contribution in [0.5, 0.6) is 5.75 Å². The van der Waals surface area contributed by atoms with Crippen LogP contribution in [0.3, 0.4) is 0 Å². The third-order valence-corrected chi connectivity index (χ3v) is 3.28. The van der Waals surface area contributed by atoms with Crippen molar-refractivity contribution >= 4 is 15.9 Å². The number of aromatic nitrogens is 2. The fourth-order valence-corrected chi connectivity index (χ4v) is 2.33. The molecule has 0 bridgehead atoms. The van der Waals surface area contributed by atoms with E-state index in [0.717, 1.165) is 21.6 Å². The third kappa shape index (κ3) is 2.50. The predicted octanol–water partition coefficient (Wildman–Crippen LogP) is 2.27. The Morgan fingerprint density at radius 2 is 2.35 bits per heavy atom. The summed E-state index contributed by atoms with van der Waals surface area (Å²) in [6.07, 6.45) is 3.53. The maximum absolute atomic E-state index is 5.81. The van der Waals surface area contributed by atoms with Crippen molar-refractivity contribution in [3.63, 3.8) is 0 Å². The second kappa shape index (κ2) is 5.33. The smallest absolute Gasteiger partial charge is 0.133 e. The van der Waals surface area contributed by atoms with Crippen molar-refractivity contribution in [3.05, 3.63) is 46.5 Å². The highest BCUT2D eigenvalue weighted by Crippen LogP contribution is 2.30. The molecule has 0 aliphatic heterocycles. The van der Waals surface area contributed by atoms with Crippen LogP contribution < -0.4 is 10.5 Å². The van der Waals surface area contributed by atoms with Gasteiger partial charge in [0.2, 0.25) is 0 Å². The predicted molar refractivity (Wildman–Crippen MR) is 70.2 cm³/mol. The van der Waals surface area contributed by atoms with Gasteiger partial charge in [0, 0.05) is 18.9 Å². The number of benzene rings is 1. The first-order chi connectivity index (χ1) is 8.26. The first-order valence-electron chi connectivity index (χ1n) is 5.29. The summed E-state index contributed by atoms with van der Waals surface area (Å²) in [5.74, 6) is 1.76. The van der Waals surface area contributed by atoms with Crippen molar-refractivity contribution in [1.82, 2.24) is 9.97 Å². The van der Waals surface area contributed by atoms with E-state index in [1.807, 2.05) is 18.2 Å². The van der Waals surface area contributed by atoms with Crippen LogP contribution in [0.15, 0.2) is 35.1 Å². The van der Waals surface area contributed by atoms with Gasteiger partial charge in [-0.05, 0) is 33.6 Å². The Bertz CT molecular complexity index is 485. The van der Waals surface area contributed by atoms with Crippen LogP contribution in [-0.2, 0) is 0 Å². The molecular weight excluding hydrogens is 282 g/mol. The summed E-state index contributed by atoms with van der Waals surface area (Å²) in [5, 5.41) is 0. The third-order valence-electron chi connectivity index (χ3n) is 2.66. The van der Waals surface area contributed by atoms with Crippen molar-refractivity contribution in [1.29, 1.82) is 0 Å². The molecule has 17 heavy (non-hydrogen) atoms. The number of rotatable bonds is 4. The lowest BCUT2D eigenvalue weighted by atomic mass is 9.98. The molecule has 1 aromatic heterocycles. The molecule has 1 aromatic carbocycles. The maximum Gasteiger partial charge on any atom is 0.133 e. The van der Waals surface area contributed by atoms with Gasteiger partial charge in [-0.15, -0.1) is 0 Å². The van der Waals surface area contributed by atoms with E-state index in [0.29, 0.717) is 6.54 Å². The summed E-state index contributed by atoms with van der Waals surface area (Å²) >= 11 is 3.47. The minimum Gasteiger partial charge on any atom is -0.496 e. The molecule has 0 aliphatic carbocycles. The molecule has 0 amide bonds. The monoisotopic (exact) mass is 295 g/mol. The van der Waals surface area contributed by atoms with Crippen LogP contribution in [0.4, 0.5) is 0 Å². The largest absolute Gasteiger partial charge is 0.496 e. The number of nitrogens with zero attached hydrogens (tertiary/aromatic N) is 1. The van der Waals surface area contributed by atoms with E-state index in [4.69, 9.17) is 10.5 Å². The van der Waals surface area contributed by atoms with Crippen LogP contribution in [-0.4, -0.2) is 23.6 Å². The normalized spacial score (nSPS) is 12.4. The molecule has 1 heterocycles. The average molecular weight is 296 g/mol. The number of H-pyrrole nitrogens is 1. The van der Waals surface area contributed by atoms with Crippen LogP contribution >= 0.6 is 15.9 Å². The summed E-state index contributed by atoms with van der Waals surface area (Å²) in [7, 11) is 1.65. The fraction of sp³-hybridized carbons (Fsp3) is 0.250. The number of nitrogens with two attached hydrogens (primary N) is 1. The molecule has 1 atom stereocenters. The number of imidazole rings is 1. The van der Waals surface area contributed by atoms with Gasteiger partial charge >= 0.3 is 0 Å². The van der Waals surface area contributed by atoms with Gasteiger partial charge in [-0.2, -0.15) is 0 Å². The van der Waals surface area contributed by atoms with E-state index in [2.05, 4.69) is 25.9 Å². The molecule has 0 spiro atoms. The number of nitrogens with one attached hydrogen (secondary N) is 1. The van der Waals surface area contributed by atoms with Gasteiger partial charge in [-0.25, -0.2) is 4.98 Å². The van der Waals surface area contributed by atoms with Crippen molar-refractivity contribution in [3.8, 4) is 5.75 Å². The lowest BCUT2D eigenvalue weighted by Gasteiger charge is -2.14. The van der Waals surface area contributed by atoms with Crippen molar-refractivity contribution in [2.45, 2.75) is 5.92 Å². The minimum absolute atomic E-state index is 0.0761. The van der Waals surface area contributed by atoms with E-state index in [1.54, 1.807) is 19.5 Å². The second-order valence-corrected chi connectivity index (χ2v) is 4.51. The highest BCUT2D eigenvalue weighted by molar-refractivity contribution is 9.10. The number of aromatic amines is 1. The quantitative estimate of drug-likeness (QED) is 0.909. The topological polar surface area (TPSA) is 63.9 Å². The number of ether oxygens (including phenoxy) is 1. The maximum atomic E-state index is 5.81. The zero-order chi connectivity index (χ0) is 12.3. The molecule has 1 unspecified atom stereocenters. The van der Waals surface area contributed by atoms with Gasteiger partial charge in [-0.1, -0.05) is 6.07 Å². The highest BCUT2D eigenvalue weighted by atomic mass is 79.9. The van der Waals surface area contributed by atoms with Gasteiger partial charge in [0.1, 0.15) is 11.6 Å². The van der Waals surface area contributed by atoms with Gasteiger partial charge in [0.15, 0.2) is 0 Å². The first kappa shape index (κ1) is 12.1. The average Bonchev–Trinajstić information content (AvgIpc) is 2.84. The molecule has 0 aliphatic rings. The summed E-state index contributed by atoms with van der Waals surface area (Å²) in [5.41, 5.74) is 6.92. The molecule has 3 N–H and O–H groups in total. The van der Waals surface area contributed by atoms with E-state index in [-0.39, 0.29) is 5.92 Å². The summed E-state index contributed by atoms with van der Waals surface area (Å²) in [6.45, 7) is 0.506. The zero-order valence-corrected chi connectivity index (χ0v) is 11.1. The molecule has 4 nitrogen and oxygen atoms in total. The van der Waals surface area contributed by atoms with Gasteiger partial charge in [-0.3, -0.25) is 0 Å². The first-order valence-corrected chi connectivity index (χ1v) is 6.08. The van der Waals surface area contributed by atoms with Gasteiger partial charge in [0.05, 0.1) is 17.5 Å². The van der Waals surface area contributed by atoms with Gasteiger partial charge < -0.3 is 15.5 Å². The standard InChI is InChI=1S/C12H14BrN3O/c1-17-11-3-2-8(6-10(11)13)9(7-14)12-15-4-5-16-12/h2-6,9H,7,14H2,1H3,(H,15,16). The molecule has 0 saturated carbocycles. The lowest BCUT2D eigenvalue weighted by Crippen LogP contribution is -2.15. The Morgan fingerprint density at radius 1 is 1.53 bits per heavy atom. The summed E-state index contributed by atoms with van der Waals surface area (Å²) < 4.78 is 6.12. The zero-order valence-electron chi connectivity index (χ0n) is 9.48. The molecule has 0 fully saturated rings. The van der Waals surface area contributed by atoms with Crippen LogP contribution in [0.1, 0.15) is 17.3 Å². The Labute approximate surface area is 108 Å². The molecule has 90 valence electrons. The number of halogens is 1. The summed E-state index contributed by atoms with van der Waals surface area (Å²) in [6, 6.07) is 5.94. The molecule has 2 aromatic rings. The van der Waals surface area contributed by atoms with E-state index in [1.165, 1.54) is 0 Å². The number of methoxy groups -OCH3 is 1. The SMILES string of the molecule is COc1ccc(C(CN)c2ncc[nH]2)cc1Br. The van der Waals surface area contributed by atoms with Crippen LogP contribution in [0.25, 0.3) is 0 Å². The van der Waals surface area contributed by atoms with E-state index < -0.39 is 0 Å². The fourth-order valence-electron chi connectivity index (χ4n) is 1.77. The molecule has 5 heteroatoms. The molecule has 0 saturated heterocycles. The van der Waals surface area contributed by atoms with E-state index >= 15 is 0 Å². The second-order valence-electron chi connectivity index (χ2n) is 3.66. The van der Waals surface area contributed by atoms with Crippen LogP contribution in [0, 0.1) is 0 Å². The molecule has 2 rings (SSSR count). The van der Waals surface area contributed by atoms with Crippen molar-refractivity contribution in [2.24, 2.45) is 5.73 Å². The van der Waals surface area contributed by atoms with Crippen molar-refractivity contribution in [2.75, 3.05) is 13.7 Å². The molecule has 0 radical (unpaired) electrons. The van der Waals surface area contributed by atoms with Crippen molar-refractivity contribution < 1.29 is 4.74 Å². The number of hydrogen-bond acceptors (Lipinski definition) is 3. The Kier molecular flexibility index (Phi) is 3.81. The lowest BCUT2D eigenvalue weighted by molar-refractivity contribution is 0.412. The number of hydrogen-bond donors (Lipinski definition) is 2. The Balaban J connectivity index is 2.35. The van der Waals surface area contributed by atoms with E-state index in [9.17, 15) is 0 Å². The minimum atomic E-state index is 0.0761. The van der Waals surface area contributed by atoms with Gasteiger partial charge in [0.25, 0.3) is 0 Å². The summed E-state index contributed by atoms with van der Waals surface area (Å²) in [4.78, 5) is 7.35. The molecular formula is C12H14BrN3O. The highest BCUT2D eigenvalue weighted by Gasteiger charge is 2.15. The Hall–Kier alpha value is -1.33.